The molecular formula is C21H20O. The fraction of sp³-hybridized carbons (Fsp3) is 0.381. The predicted molar refractivity (Wildman–Crippen MR) is 89.1 cm³/mol. The molecule has 22 heavy (non-hydrogen) atoms. The average molecular weight is 288 g/mol. The molecule has 3 aliphatic carbocycles. The van der Waals surface area contributed by atoms with Crippen molar-refractivity contribution in [2.75, 3.05) is 0 Å². The lowest BCUT2D eigenvalue weighted by Crippen LogP contribution is -2.39. The second kappa shape index (κ2) is 4.10. The monoisotopic (exact) mass is 288 g/mol. The van der Waals surface area contributed by atoms with E-state index >= 15 is 0 Å². The van der Waals surface area contributed by atoms with Crippen LogP contribution < -0.4 is 0 Å². The smallest absolute Gasteiger partial charge is 0.138 e. The van der Waals surface area contributed by atoms with Gasteiger partial charge in [0.25, 0.3) is 0 Å². The van der Waals surface area contributed by atoms with Gasteiger partial charge in [0.15, 0.2) is 0 Å². The standard InChI is InChI=1S/C21H20O/c1-13-3-2-4-15-10-20-16(9-19(13)15)8-18(22)12-21(20)11-14-5-6-17(21)7-14/h2-5,9-10,17H,6-8,11-12H2,1H3. The lowest BCUT2D eigenvalue weighted by Gasteiger charge is -2.41. The number of aryl methyl sites for hydroxylation is 1. The number of ketones is 1. The van der Waals surface area contributed by atoms with E-state index < -0.39 is 0 Å². The first-order valence-corrected chi connectivity index (χ1v) is 8.38. The van der Waals surface area contributed by atoms with Gasteiger partial charge in [-0.05, 0) is 59.6 Å². The zero-order chi connectivity index (χ0) is 14.9. The van der Waals surface area contributed by atoms with Crippen molar-refractivity contribution in [3.8, 4) is 0 Å². The molecule has 0 saturated heterocycles. The maximum absolute atomic E-state index is 12.5. The van der Waals surface area contributed by atoms with E-state index in [1.807, 2.05) is 0 Å². The summed E-state index contributed by atoms with van der Waals surface area (Å²) >= 11 is 0. The van der Waals surface area contributed by atoms with Gasteiger partial charge in [0.05, 0.1) is 0 Å². The largest absolute Gasteiger partial charge is 0.299 e. The third-order valence-electron chi connectivity index (χ3n) is 6.28. The Morgan fingerprint density at radius 3 is 2.86 bits per heavy atom. The summed E-state index contributed by atoms with van der Waals surface area (Å²) in [6.45, 7) is 2.16. The Hall–Kier alpha value is -1.89. The van der Waals surface area contributed by atoms with Crippen molar-refractivity contribution >= 4 is 16.6 Å². The zero-order valence-corrected chi connectivity index (χ0v) is 13.0. The van der Waals surface area contributed by atoms with E-state index in [9.17, 15) is 4.79 Å². The van der Waals surface area contributed by atoms with Crippen LogP contribution in [0.4, 0.5) is 0 Å². The molecule has 2 bridgehead atoms. The number of carbonyl (C=O) groups is 1. The second-order valence-corrected chi connectivity index (χ2v) is 7.53. The molecule has 2 aromatic rings. The highest BCUT2D eigenvalue weighted by atomic mass is 16.1. The van der Waals surface area contributed by atoms with Crippen LogP contribution >= 0.6 is 0 Å². The lowest BCUT2D eigenvalue weighted by molar-refractivity contribution is -0.120. The number of hydrogen-bond donors (Lipinski definition) is 0. The SMILES string of the molecule is Cc1cccc2cc3c(cc12)CC(=O)CC31CC2=CCC1C2. The fourth-order valence-electron chi connectivity index (χ4n) is 5.29. The Morgan fingerprint density at radius 1 is 1.18 bits per heavy atom. The van der Waals surface area contributed by atoms with E-state index in [-0.39, 0.29) is 5.41 Å². The number of allylic oxidation sites excluding steroid dienone is 2. The fourth-order valence-corrected chi connectivity index (χ4v) is 5.29. The molecule has 1 fully saturated rings. The van der Waals surface area contributed by atoms with Gasteiger partial charge in [0.1, 0.15) is 5.78 Å². The summed E-state index contributed by atoms with van der Waals surface area (Å²) in [6, 6.07) is 11.2. The summed E-state index contributed by atoms with van der Waals surface area (Å²) in [7, 11) is 0. The molecule has 0 amide bonds. The molecule has 1 heteroatoms. The van der Waals surface area contributed by atoms with Gasteiger partial charge in [-0.3, -0.25) is 4.79 Å². The molecule has 1 nitrogen and oxygen atoms in total. The van der Waals surface area contributed by atoms with Crippen LogP contribution in [0.5, 0.6) is 0 Å². The van der Waals surface area contributed by atoms with E-state index in [0.29, 0.717) is 18.1 Å². The molecule has 0 radical (unpaired) electrons. The Morgan fingerprint density at radius 2 is 2.09 bits per heavy atom. The Balaban J connectivity index is 1.80. The van der Waals surface area contributed by atoms with E-state index in [2.05, 4.69) is 43.3 Å². The topological polar surface area (TPSA) is 17.1 Å². The molecule has 110 valence electrons. The maximum Gasteiger partial charge on any atom is 0.138 e. The molecule has 2 aromatic carbocycles. The van der Waals surface area contributed by atoms with Gasteiger partial charge < -0.3 is 0 Å². The molecule has 0 N–H and O–H groups in total. The molecule has 5 rings (SSSR count). The van der Waals surface area contributed by atoms with Crippen LogP contribution in [0.25, 0.3) is 10.8 Å². The third-order valence-corrected chi connectivity index (χ3v) is 6.28. The van der Waals surface area contributed by atoms with Gasteiger partial charge in [0, 0.05) is 18.3 Å². The quantitative estimate of drug-likeness (QED) is 0.645. The number of carbonyl (C=O) groups excluding carboxylic acids is 1. The molecule has 1 spiro atoms. The minimum absolute atomic E-state index is 0.118. The van der Waals surface area contributed by atoms with Crippen molar-refractivity contribution in [3.63, 3.8) is 0 Å². The first-order chi connectivity index (χ1) is 10.7. The van der Waals surface area contributed by atoms with Crippen LogP contribution in [0.15, 0.2) is 42.0 Å². The second-order valence-electron chi connectivity index (χ2n) is 7.53. The van der Waals surface area contributed by atoms with Crippen LogP contribution in [0.3, 0.4) is 0 Å². The molecule has 2 atom stereocenters. The summed E-state index contributed by atoms with van der Waals surface area (Å²) in [5.41, 5.74) is 5.80. The lowest BCUT2D eigenvalue weighted by atomic mass is 9.62. The first kappa shape index (κ1) is 12.6. The van der Waals surface area contributed by atoms with Crippen LogP contribution in [0.2, 0.25) is 0 Å². The van der Waals surface area contributed by atoms with Crippen molar-refractivity contribution in [1.82, 2.24) is 0 Å². The predicted octanol–water partition coefficient (Wildman–Crippen LogP) is 4.64. The van der Waals surface area contributed by atoms with Crippen molar-refractivity contribution < 1.29 is 4.79 Å². The van der Waals surface area contributed by atoms with Crippen molar-refractivity contribution in [2.24, 2.45) is 5.92 Å². The summed E-state index contributed by atoms with van der Waals surface area (Å²) in [4.78, 5) is 12.5. The van der Waals surface area contributed by atoms with Gasteiger partial charge in [-0.15, -0.1) is 0 Å². The number of fused-ring (bicyclic) bond motifs is 6. The van der Waals surface area contributed by atoms with Crippen LogP contribution in [0.1, 0.15) is 42.4 Å². The van der Waals surface area contributed by atoms with E-state index in [0.717, 1.165) is 12.8 Å². The first-order valence-electron chi connectivity index (χ1n) is 8.38. The van der Waals surface area contributed by atoms with Crippen molar-refractivity contribution in [1.29, 1.82) is 0 Å². The number of rotatable bonds is 0. The minimum Gasteiger partial charge on any atom is -0.299 e. The molecular weight excluding hydrogens is 268 g/mol. The third kappa shape index (κ3) is 1.52. The minimum atomic E-state index is 0.118. The number of Topliss-reactive ketones (excluding diaryl/α,β-unsaturated/α-hetero) is 1. The Kier molecular flexibility index (Phi) is 2.35. The summed E-state index contributed by atoms with van der Waals surface area (Å²) in [5, 5.41) is 2.65. The molecule has 0 heterocycles. The summed E-state index contributed by atoms with van der Waals surface area (Å²) < 4.78 is 0. The summed E-state index contributed by atoms with van der Waals surface area (Å²) in [5.74, 6) is 1.10. The maximum atomic E-state index is 12.5. The van der Waals surface area contributed by atoms with Gasteiger partial charge in [-0.1, -0.05) is 42.0 Å². The van der Waals surface area contributed by atoms with Crippen LogP contribution in [-0.4, -0.2) is 5.78 Å². The van der Waals surface area contributed by atoms with Crippen LogP contribution in [0, 0.1) is 12.8 Å². The van der Waals surface area contributed by atoms with Crippen molar-refractivity contribution in [2.45, 2.75) is 44.4 Å². The Labute approximate surface area is 131 Å². The van der Waals surface area contributed by atoms with E-state index in [1.54, 1.807) is 5.57 Å². The highest BCUT2D eigenvalue weighted by Gasteiger charge is 2.51. The van der Waals surface area contributed by atoms with E-state index in [1.165, 1.54) is 40.3 Å². The molecule has 3 aliphatic rings. The highest BCUT2D eigenvalue weighted by molar-refractivity contribution is 5.92. The van der Waals surface area contributed by atoms with Crippen molar-refractivity contribution in [3.05, 3.63) is 58.7 Å². The molecule has 2 unspecified atom stereocenters. The number of benzene rings is 2. The van der Waals surface area contributed by atoms with Crippen LogP contribution in [-0.2, 0) is 16.6 Å². The van der Waals surface area contributed by atoms with Gasteiger partial charge >= 0.3 is 0 Å². The molecule has 1 saturated carbocycles. The normalized spacial score (nSPS) is 29.2. The molecule has 0 aromatic heterocycles. The highest BCUT2D eigenvalue weighted by Crippen LogP contribution is 2.58. The van der Waals surface area contributed by atoms with Gasteiger partial charge in [-0.2, -0.15) is 0 Å². The van der Waals surface area contributed by atoms with Gasteiger partial charge in [-0.25, -0.2) is 0 Å². The average Bonchev–Trinajstić information content (AvgIpc) is 3.08. The van der Waals surface area contributed by atoms with Gasteiger partial charge in [0.2, 0.25) is 0 Å². The molecule has 0 aliphatic heterocycles. The Bertz CT molecular complexity index is 858. The number of hydrogen-bond acceptors (Lipinski definition) is 1. The summed E-state index contributed by atoms with van der Waals surface area (Å²) in [6.07, 6.45) is 7.33. The van der Waals surface area contributed by atoms with E-state index in [4.69, 9.17) is 0 Å². The zero-order valence-electron chi connectivity index (χ0n) is 13.0.